The van der Waals surface area contributed by atoms with Crippen LogP contribution >= 0.6 is 11.8 Å². The molecule has 20 heavy (non-hydrogen) atoms. The fourth-order valence-electron chi connectivity index (χ4n) is 2.37. The minimum absolute atomic E-state index is 0.224. The summed E-state index contributed by atoms with van der Waals surface area (Å²) in [7, 11) is 2.12. The van der Waals surface area contributed by atoms with Gasteiger partial charge in [-0.1, -0.05) is 0 Å². The first-order valence-corrected chi connectivity index (χ1v) is 8.47. The van der Waals surface area contributed by atoms with Gasteiger partial charge in [0.2, 0.25) is 5.91 Å². The molecule has 4 nitrogen and oxygen atoms in total. The molecule has 1 fully saturated rings. The van der Waals surface area contributed by atoms with Gasteiger partial charge in [0.15, 0.2) is 0 Å². The number of rotatable bonds is 7. The summed E-state index contributed by atoms with van der Waals surface area (Å²) in [5.74, 6) is 3.45. The third-order valence-electron chi connectivity index (χ3n) is 3.68. The molecule has 1 aliphatic heterocycles. The zero-order chi connectivity index (χ0) is 14.2. The minimum Gasteiger partial charge on any atom is -0.468 e. The number of furan rings is 1. The average Bonchev–Trinajstić information content (AvgIpc) is 2.96. The van der Waals surface area contributed by atoms with E-state index in [-0.39, 0.29) is 11.8 Å². The van der Waals surface area contributed by atoms with Gasteiger partial charge in [-0.05, 0) is 57.3 Å². The molecule has 0 saturated carbocycles. The molecule has 2 rings (SSSR count). The Morgan fingerprint density at radius 3 is 3.00 bits per heavy atom. The lowest BCUT2D eigenvalue weighted by molar-refractivity contribution is -0.126. The van der Waals surface area contributed by atoms with Gasteiger partial charge in [0.25, 0.3) is 0 Å². The highest BCUT2D eigenvalue weighted by Gasteiger charge is 2.22. The molecule has 2 heterocycles. The van der Waals surface area contributed by atoms with E-state index in [1.54, 1.807) is 6.26 Å². The second-order valence-electron chi connectivity index (χ2n) is 5.35. The van der Waals surface area contributed by atoms with Crippen molar-refractivity contribution in [2.75, 3.05) is 32.4 Å². The second kappa shape index (κ2) is 8.37. The Hall–Kier alpha value is -0.940. The van der Waals surface area contributed by atoms with E-state index in [9.17, 15) is 4.79 Å². The average molecular weight is 296 g/mol. The lowest BCUT2D eigenvalue weighted by atomic mass is 9.96. The second-order valence-corrected chi connectivity index (χ2v) is 6.46. The summed E-state index contributed by atoms with van der Waals surface area (Å²) in [4.78, 5) is 14.3. The van der Waals surface area contributed by atoms with Gasteiger partial charge in [0.05, 0.1) is 12.0 Å². The summed E-state index contributed by atoms with van der Waals surface area (Å²) in [5.41, 5.74) is 0. The summed E-state index contributed by atoms with van der Waals surface area (Å²) in [6.07, 6.45) is 4.71. The molecule has 0 bridgehead atoms. The van der Waals surface area contributed by atoms with Gasteiger partial charge in [-0.15, -0.1) is 0 Å². The predicted molar refractivity (Wildman–Crippen MR) is 82.7 cm³/mol. The quantitative estimate of drug-likeness (QED) is 0.785. The number of thioether (sulfide) groups is 1. The molecule has 1 saturated heterocycles. The van der Waals surface area contributed by atoms with Crippen molar-refractivity contribution in [3.05, 3.63) is 24.2 Å². The summed E-state index contributed by atoms with van der Waals surface area (Å²) >= 11 is 1.85. The highest BCUT2D eigenvalue weighted by Crippen LogP contribution is 2.16. The third kappa shape index (κ3) is 5.21. The van der Waals surface area contributed by atoms with Crippen molar-refractivity contribution in [3.8, 4) is 0 Å². The smallest absolute Gasteiger partial charge is 0.223 e. The molecule has 0 aromatic carbocycles. The van der Waals surface area contributed by atoms with E-state index in [0.29, 0.717) is 0 Å². The van der Waals surface area contributed by atoms with E-state index in [2.05, 4.69) is 17.3 Å². The van der Waals surface area contributed by atoms with Gasteiger partial charge in [0, 0.05) is 12.5 Å². The molecule has 0 aliphatic carbocycles. The number of hydrogen-bond donors (Lipinski definition) is 1. The van der Waals surface area contributed by atoms with Crippen LogP contribution in [0.1, 0.15) is 25.0 Å². The number of likely N-dealkylation sites (tertiary alicyclic amines) is 1. The first-order chi connectivity index (χ1) is 9.75. The highest BCUT2D eigenvalue weighted by atomic mass is 32.2. The van der Waals surface area contributed by atoms with Crippen molar-refractivity contribution >= 4 is 17.7 Å². The van der Waals surface area contributed by atoms with Crippen LogP contribution in [-0.2, 0) is 10.5 Å². The standard InChI is InChI=1S/C15H24N2O2S/c1-17-8-5-13(6-9-17)15(18)16-7-3-11-20-12-14-4-2-10-19-14/h2,4,10,13H,3,5-9,11-12H2,1H3,(H,16,18). The van der Waals surface area contributed by atoms with Crippen LogP contribution in [0.5, 0.6) is 0 Å². The molecule has 1 aromatic rings. The molecule has 112 valence electrons. The van der Waals surface area contributed by atoms with Crippen molar-refractivity contribution in [3.63, 3.8) is 0 Å². The Morgan fingerprint density at radius 1 is 1.50 bits per heavy atom. The van der Waals surface area contributed by atoms with Crippen molar-refractivity contribution in [1.29, 1.82) is 0 Å². The predicted octanol–water partition coefficient (Wildman–Crippen LogP) is 2.36. The minimum atomic E-state index is 0.224. The molecule has 0 spiro atoms. The van der Waals surface area contributed by atoms with Crippen LogP contribution in [0.2, 0.25) is 0 Å². The SMILES string of the molecule is CN1CCC(C(=O)NCCCSCc2ccco2)CC1. The first-order valence-electron chi connectivity index (χ1n) is 7.32. The zero-order valence-corrected chi connectivity index (χ0v) is 13.0. The van der Waals surface area contributed by atoms with Crippen LogP contribution in [0.25, 0.3) is 0 Å². The summed E-state index contributed by atoms with van der Waals surface area (Å²) in [5, 5.41) is 3.07. The van der Waals surface area contributed by atoms with Crippen LogP contribution in [-0.4, -0.2) is 43.2 Å². The van der Waals surface area contributed by atoms with Crippen LogP contribution in [0, 0.1) is 5.92 Å². The number of carbonyl (C=O) groups excluding carboxylic acids is 1. The normalized spacial score (nSPS) is 17.2. The van der Waals surface area contributed by atoms with Gasteiger partial charge in [0.1, 0.15) is 5.76 Å². The van der Waals surface area contributed by atoms with Gasteiger partial charge >= 0.3 is 0 Å². The third-order valence-corrected chi connectivity index (χ3v) is 4.74. The van der Waals surface area contributed by atoms with Gasteiger partial charge < -0.3 is 14.6 Å². The summed E-state index contributed by atoms with van der Waals surface area (Å²) in [6.45, 7) is 2.87. The van der Waals surface area contributed by atoms with E-state index in [4.69, 9.17) is 4.42 Å². The first kappa shape index (κ1) is 15.4. The molecular weight excluding hydrogens is 272 g/mol. The Morgan fingerprint density at radius 2 is 2.30 bits per heavy atom. The maximum absolute atomic E-state index is 12.0. The highest BCUT2D eigenvalue weighted by molar-refractivity contribution is 7.98. The fraction of sp³-hybridized carbons (Fsp3) is 0.667. The molecule has 0 unspecified atom stereocenters. The number of nitrogens with one attached hydrogen (secondary N) is 1. The van der Waals surface area contributed by atoms with Crippen molar-refractivity contribution < 1.29 is 9.21 Å². The Labute approximate surface area is 125 Å². The molecule has 0 atom stereocenters. The zero-order valence-electron chi connectivity index (χ0n) is 12.1. The fourth-order valence-corrected chi connectivity index (χ4v) is 3.23. The number of nitrogens with zero attached hydrogens (tertiary/aromatic N) is 1. The topological polar surface area (TPSA) is 45.5 Å². The largest absolute Gasteiger partial charge is 0.468 e. The number of hydrogen-bond acceptors (Lipinski definition) is 4. The monoisotopic (exact) mass is 296 g/mol. The molecule has 0 radical (unpaired) electrons. The molecule has 1 amide bonds. The Bertz CT molecular complexity index is 387. The van der Waals surface area contributed by atoms with E-state index in [0.717, 1.165) is 56.2 Å². The molecule has 5 heteroatoms. The van der Waals surface area contributed by atoms with E-state index in [1.807, 2.05) is 23.9 Å². The molecule has 1 aromatic heterocycles. The number of amides is 1. The van der Waals surface area contributed by atoms with Crippen LogP contribution < -0.4 is 5.32 Å². The molecule has 1 N–H and O–H groups in total. The maximum Gasteiger partial charge on any atom is 0.223 e. The van der Waals surface area contributed by atoms with Crippen molar-refractivity contribution in [2.45, 2.75) is 25.0 Å². The van der Waals surface area contributed by atoms with Gasteiger partial charge in [-0.25, -0.2) is 0 Å². The van der Waals surface area contributed by atoms with Crippen molar-refractivity contribution in [2.24, 2.45) is 5.92 Å². The van der Waals surface area contributed by atoms with Crippen LogP contribution in [0.15, 0.2) is 22.8 Å². The van der Waals surface area contributed by atoms with E-state index < -0.39 is 0 Å². The van der Waals surface area contributed by atoms with Crippen molar-refractivity contribution in [1.82, 2.24) is 10.2 Å². The summed E-state index contributed by atoms with van der Waals surface area (Å²) < 4.78 is 5.27. The molecule has 1 aliphatic rings. The lowest BCUT2D eigenvalue weighted by Gasteiger charge is -2.28. The number of piperidine rings is 1. The van der Waals surface area contributed by atoms with Crippen LogP contribution in [0.3, 0.4) is 0 Å². The lowest BCUT2D eigenvalue weighted by Crippen LogP contribution is -2.39. The maximum atomic E-state index is 12.0. The van der Waals surface area contributed by atoms with Gasteiger partial charge in [-0.2, -0.15) is 11.8 Å². The summed E-state index contributed by atoms with van der Waals surface area (Å²) in [6, 6.07) is 3.91. The van der Waals surface area contributed by atoms with Crippen LogP contribution in [0.4, 0.5) is 0 Å². The Kier molecular flexibility index (Phi) is 6.47. The van der Waals surface area contributed by atoms with E-state index in [1.165, 1.54) is 0 Å². The Balaban J connectivity index is 1.49. The van der Waals surface area contributed by atoms with Gasteiger partial charge in [-0.3, -0.25) is 4.79 Å². The van der Waals surface area contributed by atoms with E-state index >= 15 is 0 Å². The number of carbonyl (C=O) groups is 1. The molecular formula is C15H24N2O2S.